The highest BCUT2D eigenvalue weighted by Crippen LogP contribution is 2.38. The molecule has 0 unspecified atom stereocenters. The lowest BCUT2D eigenvalue weighted by Gasteiger charge is -2.19. The maximum absolute atomic E-state index is 10.8. The van der Waals surface area contributed by atoms with E-state index < -0.39 is 12.2 Å². The molecule has 3 heterocycles. The predicted molar refractivity (Wildman–Crippen MR) is 123 cm³/mol. The monoisotopic (exact) mass is 434 g/mol. The Morgan fingerprint density at radius 2 is 1.91 bits per heavy atom. The van der Waals surface area contributed by atoms with Gasteiger partial charge in [0.1, 0.15) is 35.5 Å². The van der Waals surface area contributed by atoms with Gasteiger partial charge in [-0.05, 0) is 36.8 Å². The van der Waals surface area contributed by atoms with Crippen LogP contribution in [0.5, 0.6) is 5.75 Å². The first-order chi connectivity index (χ1) is 15.6. The van der Waals surface area contributed by atoms with E-state index in [0.29, 0.717) is 18.8 Å². The molecule has 0 bridgehead atoms. The predicted octanol–water partition coefficient (Wildman–Crippen LogP) is 2.42. The summed E-state index contributed by atoms with van der Waals surface area (Å²) in [6, 6.07) is 11.3. The Hall–Kier alpha value is -3.43. The van der Waals surface area contributed by atoms with Gasteiger partial charge in [-0.15, -0.1) is 0 Å². The van der Waals surface area contributed by atoms with Crippen LogP contribution in [0.3, 0.4) is 0 Å². The second-order valence-electron chi connectivity index (χ2n) is 8.09. The van der Waals surface area contributed by atoms with Gasteiger partial charge in [-0.25, -0.2) is 15.0 Å². The van der Waals surface area contributed by atoms with E-state index in [4.69, 9.17) is 4.74 Å². The summed E-state index contributed by atoms with van der Waals surface area (Å²) in [6.45, 7) is 0.294. The summed E-state index contributed by atoms with van der Waals surface area (Å²) in [6.07, 6.45) is 2.15. The van der Waals surface area contributed by atoms with E-state index in [9.17, 15) is 10.2 Å². The molecular weight excluding hydrogens is 408 g/mol. The molecule has 166 valence electrons. The van der Waals surface area contributed by atoms with Crippen molar-refractivity contribution in [2.75, 3.05) is 31.3 Å². The fraction of sp³-hybridized carbons (Fsp3) is 0.348. The molecule has 3 aromatic heterocycles. The first kappa shape index (κ1) is 20.5. The lowest BCUT2D eigenvalue weighted by molar-refractivity contribution is -0.00141. The zero-order valence-corrected chi connectivity index (χ0v) is 17.9. The van der Waals surface area contributed by atoms with Gasteiger partial charge in [0.2, 0.25) is 0 Å². The molecule has 4 aromatic rings. The number of aliphatic hydroxyl groups excluding tert-OH is 2. The second kappa shape index (κ2) is 8.25. The minimum atomic E-state index is -0.913. The van der Waals surface area contributed by atoms with Gasteiger partial charge in [-0.2, -0.15) is 0 Å². The molecule has 4 atom stereocenters. The van der Waals surface area contributed by atoms with E-state index in [0.717, 1.165) is 33.6 Å². The number of hydrogen-bond donors (Lipinski definition) is 4. The molecule has 9 nitrogen and oxygen atoms in total. The highest BCUT2D eigenvalue weighted by molar-refractivity contribution is 5.87. The van der Waals surface area contributed by atoms with Crippen LogP contribution in [0.1, 0.15) is 12.5 Å². The SMILES string of the molecule is CNc1ccc2ccc(OC[C@H]3C[C@@H](n4ccc5c(NC)ncnc54)[C@H](O)[C@@H]3O)cc2n1. The van der Waals surface area contributed by atoms with Crippen LogP contribution in [0.2, 0.25) is 0 Å². The topological polar surface area (TPSA) is 117 Å². The van der Waals surface area contributed by atoms with Crippen LogP contribution in [0.4, 0.5) is 11.6 Å². The smallest absolute Gasteiger partial charge is 0.145 e. The Balaban J connectivity index is 1.33. The van der Waals surface area contributed by atoms with Crippen molar-refractivity contribution < 1.29 is 14.9 Å². The van der Waals surface area contributed by atoms with Crippen molar-refractivity contribution in [3.63, 3.8) is 0 Å². The van der Waals surface area contributed by atoms with Crippen LogP contribution < -0.4 is 15.4 Å². The van der Waals surface area contributed by atoms with Crippen molar-refractivity contribution in [2.45, 2.75) is 24.7 Å². The number of aromatic nitrogens is 4. The zero-order valence-electron chi connectivity index (χ0n) is 17.9. The highest BCUT2D eigenvalue weighted by Gasteiger charge is 2.43. The van der Waals surface area contributed by atoms with Crippen molar-refractivity contribution in [2.24, 2.45) is 5.92 Å². The summed E-state index contributed by atoms with van der Waals surface area (Å²) >= 11 is 0. The summed E-state index contributed by atoms with van der Waals surface area (Å²) in [5, 5.41) is 29.5. The number of nitrogens with zero attached hydrogens (tertiary/aromatic N) is 4. The van der Waals surface area contributed by atoms with Gasteiger partial charge in [0, 0.05) is 37.7 Å². The molecule has 1 fully saturated rings. The van der Waals surface area contributed by atoms with Crippen LogP contribution in [0, 0.1) is 5.92 Å². The van der Waals surface area contributed by atoms with Crippen molar-refractivity contribution in [3.05, 3.63) is 48.9 Å². The van der Waals surface area contributed by atoms with Gasteiger partial charge in [-0.1, -0.05) is 0 Å². The second-order valence-corrected chi connectivity index (χ2v) is 8.09. The Morgan fingerprint density at radius 1 is 1.06 bits per heavy atom. The van der Waals surface area contributed by atoms with E-state index in [-0.39, 0.29) is 12.0 Å². The average Bonchev–Trinajstić information content (AvgIpc) is 3.38. The van der Waals surface area contributed by atoms with Crippen LogP contribution in [-0.2, 0) is 0 Å². The third kappa shape index (κ3) is 3.49. The van der Waals surface area contributed by atoms with Crippen LogP contribution in [0.15, 0.2) is 48.9 Å². The Morgan fingerprint density at radius 3 is 2.72 bits per heavy atom. The van der Waals surface area contributed by atoms with Gasteiger partial charge < -0.3 is 30.2 Å². The van der Waals surface area contributed by atoms with Gasteiger partial charge >= 0.3 is 0 Å². The summed E-state index contributed by atoms with van der Waals surface area (Å²) in [5.74, 6) is 1.98. The molecule has 0 aliphatic heterocycles. The summed E-state index contributed by atoms with van der Waals surface area (Å²) in [5.41, 5.74) is 1.56. The summed E-state index contributed by atoms with van der Waals surface area (Å²) in [4.78, 5) is 13.2. The molecule has 9 heteroatoms. The van der Waals surface area contributed by atoms with Gasteiger partial charge in [-0.3, -0.25) is 0 Å². The molecule has 1 aromatic carbocycles. The van der Waals surface area contributed by atoms with E-state index in [2.05, 4.69) is 25.6 Å². The van der Waals surface area contributed by atoms with Crippen molar-refractivity contribution >= 4 is 33.6 Å². The van der Waals surface area contributed by atoms with Crippen LogP contribution >= 0.6 is 0 Å². The number of hydrogen-bond acceptors (Lipinski definition) is 8. The number of pyridine rings is 1. The number of anilines is 2. The maximum atomic E-state index is 10.8. The largest absolute Gasteiger partial charge is 0.493 e. The summed E-state index contributed by atoms with van der Waals surface area (Å²) in [7, 11) is 3.64. The average molecular weight is 435 g/mol. The van der Waals surface area contributed by atoms with E-state index >= 15 is 0 Å². The molecule has 0 spiro atoms. The summed E-state index contributed by atoms with van der Waals surface area (Å²) < 4.78 is 7.93. The lowest BCUT2D eigenvalue weighted by atomic mass is 10.1. The Kier molecular flexibility index (Phi) is 5.28. The third-order valence-corrected chi connectivity index (χ3v) is 6.26. The molecule has 1 saturated carbocycles. The molecule has 0 radical (unpaired) electrons. The molecule has 4 N–H and O–H groups in total. The van der Waals surface area contributed by atoms with Crippen molar-refractivity contribution in [1.29, 1.82) is 0 Å². The Bertz CT molecular complexity index is 1260. The molecule has 0 saturated heterocycles. The third-order valence-electron chi connectivity index (χ3n) is 6.26. The fourth-order valence-electron chi connectivity index (χ4n) is 4.51. The number of fused-ring (bicyclic) bond motifs is 2. The molecule has 1 aliphatic rings. The van der Waals surface area contributed by atoms with E-state index in [1.54, 1.807) is 0 Å². The first-order valence-electron chi connectivity index (χ1n) is 10.7. The zero-order chi connectivity index (χ0) is 22.2. The number of aliphatic hydroxyl groups is 2. The minimum Gasteiger partial charge on any atom is -0.493 e. The van der Waals surface area contributed by atoms with Crippen molar-refractivity contribution in [1.82, 2.24) is 19.5 Å². The fourth-order valence-corrected chi connectivity index (χ4v) is 4.51. The van der Waals surface area contributed by atoms with Crippen LogP contribution in [0.25, 0.3) is 21.9 Å². The van der Waals surface area contributed by atoms with E-state index in [1.165, 1.54) is 6.33 Å². The number of rotatable bonds is 6. The molecule has 0 amide bonds. The molecule has 1 aliphatic carbocycles. The highest BCUT2D eigenvalue weighted by atomic mass is 16.5. The normalized spacial score (nSPS) is 23.0. The maximum Gasteiger partial charge on any atom is 0.145 e. The van der Waals surface area contributed by atoms with Crippen LogP contribution in [-0.4, -0.2) is 62.6 Å². The van der Waals surface area contributed by atoms with Gasteiger partial charge in [0.25, 0.3) is 0 Å². The lowest BCUT2D eigenvalue weighted by Crippen LogP contribution is -2.31. The van der Waals surface area contributed by atoms with Crippen molar-refractivity contribution in [3.8, 4) is 5.75 Å². The number of nitrogens with one attached hydrogen (secondary N) is 2. The number of benzene rings is 1. The number of ether oxygens (including phenoxy) is 1. The first-order valence-corrected chi connectivity index (χ1v) is 10.7. The molecular formula is C23H26N6O3. The minimum absolute atomic E-state index is 0.217. The molecule has 5 rings (SSSR count). The van der Waals surface area contributed by atoms with Gasteiger partial charge in [0.15, 0.2) is 0 Å². The van der Waals surface area contributed by atoms with E-state index in [1.807, 2.05) is 61.3 Å². The standard InChI is InChI=1S/C23H26N6O3/c1-24-19-6-4-13-3-5-15(10-17(13)28-19)32-11-14-9-18(21(31)20(14)30)29-8-7-16-22(25-2)26-12-27-23(16)29/h3-8,10,12,14,18,20-21,30-31H,9,11H2,1-2H3,(H,24,28)(H,25,26,27)/t14-,18-,20-,21+/m1/s1. The van der Waals surface area contributed by atoms with Gasteiger partial charge in [0.05, 0.1) is 29.7 Å². The molecule has 32 heavy (non-hydrogen) atoms. The quantitative estimate of drug-likeness (QED) is 0.366. The Labute approximate surface area is 185 Å².